The van der Waals surface area contributed by atoms with Gasteiger partial charge in [0.25, 0.3) is 0 Å². The van der Waals surface area contributed by atoms with E-state index in [1.54, 1.807) is 0 Å². The van der Waals surface area contributed by atoms with Gasteiger partial charge >= 0.3 is 0 Å². The quantitative estimate of drug-likeness (QED) is 0.704. The zero-order chi connectivity index (χ0) is 13.5. The van der Waals surface area contributed by atoms with Crippen molar-refractivity contribution < 1.29 is 0 Å². The average molecular weight is 288 g/mol. The summed E-state index contributed by atoms with van der Waals surface area (Å²) in [4.78, 5) is 2.72. The number of piperidine rings is 1. The molecular formula is C18H22ClN. The van der Waals surface area contributed by atoms with E-state index in [1.165, 1.54) is 56.2 Å². The van der Waals surface area contributed by atoms with Gasteiger partial charge in [-0.15, -0.1) is 0 Å². The summed E-state index contributed by atoms with van der Waals surface area (Å²) < 4.78 is 0. The van der Waals surface area contributed by atoms with Crippen LogP contribution in [0.2, 0.25) is 0 Å². The lowest BCUT2D eigenvalue weighted by atomic mass is 9.77. The van der Waals surface area contributed by atoms with Crippen LogP contribution < -0.4 is 0 Å². The van der Waals surface area contributed by atoms with Crippen LogP contribution in [0.4, 0.5) is 0 Å². The highest BCUT2D eigenvalue weighted by molar-refractivity contribution is 6.33. The van der Waals surface area contributed by atoms with Crippen LogP contribution in [0.25, 0.3) is 6.08 Å². The number of likely N-dealkylation sites (tertiary alicyclic amines) is 1. The number of halogens is 1. The van der Waals surface area contributed by atoms with Gasteiger partial charge in [0.2, 0.25) is 0 Å². The first-order valence-corrected chi connectivity index (χ1v) is 8.44. The summed E-state index contributed by atoms with van der Waals surface area (Å²) in [5.41, 5.74) is 2.74. The number of fused-ring (bicyclic) bond motifs is 2. The standard InChI is InChI=1S/C18H22ClN/c19-16-12-14-7-1-3-9-15(14)18(16)20-11-5-8-13-6-2-4-10-17(13)20/h1,3,7,9,12-13,17-18H,2,4-6,8,10-11H2. The van der Waals surface area contributed by atoms with Gasteiger partial charge in [-0.3, -0.25) is 4.90 Å². The minimum atomic E-state index is 0.332. The molecular weight excluding hydrogens is 266 g/mol. The van der Waals surface area contributed by atoms with Gasteiger partial charge in [0.1, 0.15) is 0 Å². The molecule has 3 unspecified atom stereocenters. The largest absolute Gasteiger partial charge is 0.288 e. The highest BCUT2D eigenvalue weighted by Gasteiger charge is 2.39. The maximum absolute atomic E-state index is 6.63. The highest BCUT2D eigenvalue weighted by atomic mass is 35.5. The van der Waals surface area contributed by atoms with Gasteiger partial charge in [-0.2, -0.15) is 0 Å². The Morgan fingerprint density at radius 1 is 1.00 bits per heavy atom. The molecule has 0 amide bonds. The predicted molar refractivity (Wildman–Crippen MR) is 84.7 cm³/mol. The van der Waals surface area contributed by atoms with Crippen molar-refractivity contribution in [3.8, 4) is 0 Å². The van der Waals surface area contributed by atoms with Crippen molar-refractivity contribution in [2.24, 2.45) is 5.92 Å². The second-order valence-electron chi connectivity index (χ2n) is 6.55. The SMILES string of the molecule is ClC1=Cc2ccccc2C1N1CCCC2CCCCC21. The molecule has 1 aromatic carbocycles. The van der Waals surface area contributed by atoms with Crippen LogP contribution in [0.3, 0.4) is 0 Å². The fourth-order valence-corrected chi connectivity index (χ4v) is 4.95. The molecule has 1 aromatic rings. The number of rotatable bonds is 1. The molecule has 2 heteroatoms. The van der Waals surface area contributed by atoms with Crippen LogP contribution in [0.1, 0.15) is 55.7 Å². The average Bonchev–Trinajstić information content (AvgIpc) is 2.82. The van der Waals surface area contributed by atoms with Crippen LogP contribution in [0, 0.1) is 5.92 Å². The third-order valence-electron chi connectivity index (χ3n) is 5.46. The van der Waals surface area contributed by atoms with Gasteiger partial charge in [0, 0.05) is 11.1 Å². The first-order valence-electron chi connectivity index (χ1n) is 8.06. The molecule has 0 radical (unpaired) electrons. The maximum Gasteiger partial charge on any atom is 0.0718 e. The Morgan fingerprint density at radius 2 is 1.80 bits per heavy atom. The molecule has 106 valence electrons. The van der Waals surface area contributed by atoms with Crippen molar-refractivity contribution in [3.05, 3.63) is 40.4 Å². The van der Waals surface area contributed by atoms with Crippen LogP contribution in [0.5, 0.6) is 0 Å². The van der Waals surface area contributed by atoms with Crippen molar-refractivity contribution in [3.63, 3.8) is 0 Å². The molecule has 1 saturated heterocycles. The van der Waals surface area contributed by atoms with Crippen molar-refractivity contribution >= 4 is 17.7 Å². The van der Waals surface area contributed by atoms with E-state index in [9.17, 15) is 0 Å². The second kappa shape index (κ2) is 5.20. The summed E-state index contributed by atoms with van der Waals surface area (Å²) >= 11 is 6.63. The molecule has 2 aliphatic carbocycles. The molecule has 1 nitrogen and oxygen atoms in total. The van der Waals surface area contributed by atoms with E-state index in [1.807, 2.05) is 0 Å². The molecule has 0 N–H and O–H groups in total. The number of nitrogens with zero attached hydrogens (tertiary/aromatic N) is 1. The fraction of sp³-hybridized carbons (Fsp3) is 0.556. The highest BCUT2D eigenvalue weighted by Crippen LogP contribution is 2.46. The van der Waals surface area contributed by atoms with Gasteiger partial charge in [0.05, 0.1) is 6.04 Å². The Kier molecular flexibility index (Phi) is 3.36. The summed E-state index contributed by atoms with van der Waals surface area (Å²) in [7, 11) is 0. The van der Waals surface area contributed by atoms with E-state index in [0.717, 1.165) is 17.0 Å². The zero-order valence-corrected chi connectivity index (χ0v) is 12.6. The monoisotopic (exact) mass is 287 g/mol. The minimum Gasteiger partial charge on any atom is -0.288 e. The van der Waals surface area contributed by atoms with Crippen molar-refractivity contribution in [1.29, 1.82) is 0 Å². The Balaban J connectivity index is 1.68. The van der Waals surface area contributed by atoms with Crippen LogP contribution >= 0.6 is 11.6 Å². The van der Waals surface area contributed by atoms with Crippen molar-refractivity contribution in [2.75, 3.05) is 6.54 Å². The van der Waals surface area contributed by atoms with Gasteiger partial charge in [-0.25, -0.2) is 0 Å². The summed E-state index contributed by atoms with van der Waals surface area (Å²) in [5, 5.41) is 1.03. The molecule has 20 heavy (non-hydrogen) atoms. The molecule has 0 bridgehead atoms. The number of benzene rings is 1. The first kappa shape index (κ1) is 12.9. The van der Waals surface area contributed by atoms with E-state index < -0.39 is 0 Å². The molecule has 2 fully saturated rings. The molecule has 3 aliphatic rings. The minimum absolute atomic E-state index is 0.332. The van der Waals surface area contributed by atoms with Gasteiger partial charge in [-0.05, 0) is 55.3 Å². The third kappa shape index (κ3) is 2.03. The lowest BCUT2D eigenvalue weighted by Crippen LogP contribution is -2.48. The van der Waals surface area contributed by atoms with Gasteiger partial charge in [-0.1, -0.05) is 48.7 Å². The predicted octanol–water partition coefficient (Wildman–Crippen LogP) is 4.98. The topological polar surface area (TPSA) is 3.24 Å². The maximum atomic E-state index is 6.63. The summed E-state index contributed by atoms with van der Waals surface area (Å²) in [6.07, 6.45) is 10.6. The molecule has 4 rings (SSSR count). The normalized spacial score (nSPS) is 33.5. The second-order valence-corrected chi connectivity index (χ2v) is 6.99. The first-order chi connectivity index (χ1) is 9.84. The Hall–Kier alpha value is -0.790. The number of hydrogen-bond donors (Lipinski definition) is 0. The molecule has 0 spiro atoms. The smallest absolute Gasteiger partial charge is 0.0718 e. The Labute approximate surface area is 126 Å². The Morgan fingerprint density at radius 3 is 2.75 bits per heavy atom. The van der Waals surface area contributed by atoms with Crippen molar-refractivity contribution in [2.45, 2.75) is 50.6 Å². The number of hydrogen-bond acceptors (Lipinski definition) is 1. The molecule has 0 aromatic heterocycles. The van der Waals surface area contributed by atoms with Gasteiger partial charge < -0.3 is 0 Å². The van der Waals surface area contributed by atoms with Crippen LogP contribution in [-0.2, 0) is 0 Å². The molecule has 1 heterocycles. The Bertz CT molecular complexity index is 534. The fourth-order valence-electron chi connectivity index (χ4n) is 4.59. The molecule has 1 aliphatic heterocycles. The van der Waals surface area contributed by atoms with E-state index in [0.29, 0.717) is 6.04 Å². The molecule has 3 atom stereocenters. The lowest BCUT2D eigenvalue weighted by Gasteiger charge is -2.47. The van der Waals surface area contributed by atoms with E-state index >= 15 is 0 Å². The van der Waals surface area contributed by atoms with Gasteiger partial charge in [0.15, 0.2) is 0 Å². The zero-order valence-electron chi connectivity index (χ0n) is 11.9. The summed E-state index contributed by atoms with van der Waals surface area (Å²) in [6.45, 7) is 1.21. The van der Waals surface area contributed by atoms with E-state index in [4.69, 9.17) is 11.6 Å². The third-order valence-corrected chi connectivity index (χ3v) is 5.78. The van der Waals surface area contributed by atoms with Crippen LogP contribution in [-0.4, -0.2) is 17.5 Å². The summed E-state index contributed by atoms with van der Waals surface area (Å²) in [6, 6.07) is 9.81. The lowest BCUT2D eigenvalue weighted by molar-refractivity contribution is 0.0393. The van der Waals surface area contributed by atoms with E-state index in [2.05, 4.69) is 35.2 Å². The van der Waals surface area contributed by atoms with Crippen LogP contribution in [0.15, 0.2) is 29.3 Å². The molecule has 1 saturated carbocycles. The van der Waals surface area contributed by atoms with E-state index in [-0.39, 0.29) is 0 Å². The summed E-state index contributed by atoms with van der Waals surface area (Å²) in [5.74, 6) is 0.912. The van der Waals surface area contributed by atoms with Crippen molar-refractivity contribution in [1.82, 2.24) is 4.90 Å².